The van der Waals surface area contributed by atoms with Gasteiger partial charge in [0.05, 0.1) is 0 Å². The standard InChI is InChI=1S/C17H19FN2/c18-16-8-13(11-19)9-17(10-16)20-7-6-15(12-20)14-4-2-1-3-5-14/h1-5,8-10,15H,6-7,11-12,19H2. The predicted octanol–water partition coefficient (Wildman–Crippen LogP) is 3.28. The summed E-state index contributed by atoms with van der Waals surface area (Å²) in [5.41, 5.74) is 8.78. The first-order chi connectivity index (χ1) is 9.76. The lowest BCUT2D eigenvalue weighted by atomic mass is 9.99. The molecule has 104 valence electrons. The van der Waals surface area contributed by atoms with Crippen LogP contribution in [0, 0.1) is 5.82 Å². The fourth-order valence-electron chi connectivity index (χ4n) is 2.93. The molecule has 0 radical (unpaired) electrons. The zero-order valence-electron chi connectivity index (χ0n) is 11.4. The van der Waals surface area contributed by atoms with Crippen LogP contribution in [0.1, 0.15) is 23.5 Å². The molecule has 1 fully saturated rings. The molecule has 1 aliphatic heterocycles. The van der Waals surface area contributed by atoms with Crippen LogP contribution < -0.4 is 10.6 Å². The second-order valence-corrected chi connectivity index (χ2v) is 5.36. The van der Waals surface area contributed by atoms with Crippen LogP contribution in [0.4, 0.5) is 10.1 Å². The molecule has 1 unspecified atom stereocenters. The van der Waals surface area contributed by atoms with Crippen LogP contribution in [0.2, 0.25) is 0 Å². The number of rotatable bonds is 3. The van der Waals surface area contributed by atoms with Crippen molar-refractivity contribution in [3.63, 3.8) is 0 Å². The second kappa shape index (κ2) is 5.63. The summed E-state index contributed by atoms with van der Waals surface area (Å²) in [6.07, 6.45) is 1.11. The number of hydrogen-bond acceptors (Lipinski definition) is 2. The van der Waals surface area contributed by atoms with Crippen molar-refractivity contribution < 1.29 is 4.39 Å². The third kappa shape index (κ3) is 2.68. The third-order valence-corrected chi connectivity index (χ3v) is 4.00. The third-order valence-electron chi connectivity index (χ3n) is 4.00. The molecule has 2 N–H and O–H groups in total. The molecule has 2 aromatic rings. The molecule has 3 heteroatoms. The Bertz CT molecular complexity index is 583. The van der Waals surface area contributed by atoms with Gasteiger partial charge in [-0.1, -0.05) is 30.3 Å². The Hall–Kier alpha value is -1.87. The Balaban J connectivity index is 1.79. The molecular formula is C17H19FN2. The van der Waals surface area contributed by atoms with Crippen molar-refractivity contribution in [1.29, 1.82) is 0 Å². The average Bonchev–Trinajstić information content (AvgIpc) is 2.97. The Morgan fingerprint density at radius 1 is 1.15 bits per heavy atom. The van der Waals surface area contributed by atoms with Gasteiger partial charge < -0.3 is 10.6 Å². The van der Waals surface area contributed by atoms with Crippen LogP contribution in [-0.2, 0) is 6.54 Å². The summed E-state index contributed by atoms with van der Waals surface area (Å²) >= 11 is 0. The van der Waals surface area contributed by atoms with E-state index < -0.39 is 0 Å². The van der Waals surface area contributed by atoms with E-state index in [2.05, 4.69) is 29.2 Å². The zero-order chi connectivity index (χ0) is 13.9. The Labute approximate surface area is 119 Å². The van der Waals surface area contributed by atoms with E-state index in [-0.39, 0.29) is 5.82 Å². The van der Waals surface area contributed by atoms with E-state index in [4.69, 9.17) is 5.73 Å². The van der Waals surface area contributed by atoms with Gasteiger partial charge in [0.1, 0.15) is 5.82 Å². The summed E-state index contributed by atoms with van der Waals surface area (Å²) in [4.78, 5) is 2.25. The molecule has 1 heterocycles. The highest BCUT2D eigenvalue weighted by Crippen LogP contribution is 2.31. The van der Waals surface area contributed by atoms with E-state index in [9.17, 15) is 4.39 Å². The molecule has 0 spiro atoms. The maximum atomic E-state index is 13.6. The van der Waals surface area contributed by atoms with Gasteiger partial charge in [-0.15, -0.1) is 0 Å². The summed E-state index contributed by atoms with van der Waals surface area (Å²) < 4.78 is 13.6. The minimum absolute atomic E-state index is 0.203. The maximum absolute atomic E-state index is 13.6. The molecule has 0 bridgehead atoms. The lowest BCUT2D eigenvalue weighted by Gasteiger charge is -2.20. The first-order valence-corrected chi connectivity index (χ1v) is 7.05. The minimum atomic E-state index is -0.203. The quantitative estimate of drug-likeness (QED) is 0.927. The van der Waals surface area contributed by atoms with Gasteiger partial charge in [-0.3, -0.25) is 0 Å². The van der Waals surface area contributed by atoms with Gasteiger partial charge in [-0.2, -0.15) is 0 Å². The largest absolute Gasteiger partial charge is 0.371 e. The molecule has 2 nitrogen and oxygen atoms in total. The number of halogens is 1. The van der Waals surface area contributed by atoms with Crippen LogP contribution >= 0.6 is 0 Å². The van der Waals surface area contributed by atoms with E-state index in [0.717, 1.165) is 30.8 Å². The zero-order valence-corrected chi connectivity index (χ0v) is 11.4. The van der Waals surface area contributed by atoms with E-state index in [0.29, 0.717) is 12.5 Å². The molecule has 1 atom stereocenters. The van der Waals surface area contributed by atoms with E-state index >= 15 is 0 Å². The van der Waals surface area contributed by atoms with Crippen molar-refractivity contribution in [2.75, 3.05) is 18.0 Å². The normalized spacial score (nSPS) is 18.5. The van der Waals surface area contributed by atoms with E-state index in [1.165, 1.54) is 11.6 Å². The first-order valence-electron chi connectivity index (χ1n) is 7.05. The van der Waals surface area contributed by atoms with Crippen LogP contribution in [0.5, 0.6) is 0 Å². The molecule has 0 saturated carbocycles. The molecule has 0 aliphatic carbocycles. The molecule has 1 saturated heterocycles. The van der Waals surface area contributed by atoms with Crippen molar-refractivity contribution in [1.82, 2.24) is 0 Å². The van der Waals surface area contributed by atoms with Crippen LogP contribution in [0.15, 0.2) is 48.5 Å². The molecular weight excluding hydrogens is 251 g/mol. The van der Waals surface area contributed by atoms with Crippen LogP contribution in [0.3, 0.4) is 0 Å². The number of benzene rings is 2. The maximum Gasteiger partial charge on any atom is 0.125 e. The van der Waals surface area contributed by atoms with Gasteiger partial charge in [0.15, 0.2) is 0 Å². The molecule has 0 aromatic heterocycles. The van der Waals surface area contributed by atoms with Crippen molar-refractivity contribution in [3.8, 4) is 0 Å². The summed E-state index contributed by atoms with van der Waals surface area (Å²) in [5.74, 6) is 0.326. The predicted molar refractivity (Wildman–Crippen MR) is 80.3 cm³/mol. The average molecular weight is 270 g/mol. The van der Waals surface area contributed by atoms with E-state index in [1.807, 2.05) is 12.1 Å². The van der Waals surface area contributed by atoms with Gasteiger partial charge in [0.25, 0.3) is 0 Å². The van der Waals surface area contributed by atoms with Gasteiger partial charge in [0.2, 0.25) is 0 Å². The van der Waals surface area contributed by atoms with Gasteiger partial charge in [-0.05, 0) is 35.7 Å². The molecule has 1 aliphatic rings. The Morgan fingerprint density at radius 3 is 2.70 bits per heavy atom. The Morgan fingerprint density at radius 2 is 1.95 bits per heavy atom. The molecule has 20 heavy (non-hydrogen) atoms. The minimum Gasteiger partial charge on any atom is -0.371 e. The lowest BCUT2D eigenvalue weighted by molar-refractivity contribution is 0.624. The molecule has 2 aromatic carbocycles. The van der Waals surface area contributed by atoms with Crippen LogP contribution in [0.25, 0.3) is 0 Å². The van der Waals surface area contributed by atoms with Gasteiger partial charge >= 0.3 is 0 Å². The van der Waals surface area contributed by atoms with Crippen molar-refractivity contribution >= 4 is 5.69 Å². The number of nitrogens with zero attached hydrogens (tertiary/aromatic N) is 1. The highest BCUT2D eigenvalue weighted by atomic mass is 19.1. The second-order valence-electron chi connectivity index (χ2n) is 5.36. The van der Waals surface area contributed by atoms with Crippen molar-refractivity contribution in [3.05, 3.63) is 65.5 Å². The topological polar surface area (TPSA) is 29.3 Å². The van der Waals surface area contributed by atoms with Gasteiger partial charge in [-0.25, -0.2) is 4.39 Å². The number of hydrogen-bond donors (Lipinski definition) is 1. The molecule has 0 amide bonds. The summed E-state index contributed by atoms with van der Waals surface area (Å²) in [7, 11) is 0. The summed E-state index contributed by atoms with van der Waals surface area (Å²) in [5, 5.41) is 0. The summed E-state index contributed by atoms with van der Waals surface area (Å²) in [6, 6.07) is 15.6. The lowest BCUT2D eigenvalue weighted by Crippen LogP contribution is -2.19. The van der Waals surface area contributed by atoms with Gasteiger partial charge in [0, 0.05) is 31.2 Å². The molecule has 3 rings (SSSR count). The smallest absolute Gasteiger partial charge is 0.125 e. The monoisotopic (exact) mass is 270 g/mol. The van der Waals surface area contributed by atoms with Crippen molar-refractivity contribution in [2.45, 2.75) is 18.9 Å². The summed E-state index contributed by atoms with van der Waals surface area (Å²) in [6.45, 7) is 2.28. The van der Waals surface area contributed by atoms with Crippen LogP contribution in [-0.4, -0.2) is 13.1 Å². The number of anilines is 1. The highest BCUT2D eigenvalue weighted by molar-refractivity contribution is 5.51. The highest BCUT2D eigenvalue weighted by Gasteiger charge is 2.24. The number of nitrogens with two attached hydrogens (primary N) is 1. The fourth-order valence-corrected chi connectivity index (χ4v) is 2.93. The van der Waals surface area contributed by atoms with E-state index in [1.54, 1.807) is 6.07 Å². The SMILES string of the molecule is NCc1cc(F)cc(N2CCC(c3ccccc3)C2)c1. The fraction of sp³-hybridized carbons (Fsp3) is 0.294. The Kier molecular flexibility index (Phi) is 3.70. The van der Waals surface area contributed by atoms with Crippen molar-refractivity contribution in [2.24, 2.45) is 5.73 Å². The first kappa shape index (κ1) is 13.1.